The number of carboxylic acids is 1. The number of aliphatic carboxylic acids is 1. The first kappa shape index (κ1) is 24.9. The highest BCUT2D eigenvalue weighted by Crippen LogP contribution is 2.35. The molecule has 0 aromatic heterocycles. The second-order valence-corrected chi connectivity index (χ2v) is 11.2. The van der Waals surface area contributed by atoms with Crippen LogP contribution in [-0.2, 0) is 9.53 Å². The van der Waals surface area contributed by atoms with Crippen LogP contribution in [0, 0.1) is 29.1 Å². The standard InChI is InChI=1S/C25H47N3O3/c1-17(25(2,3)23(29)30)5-6-18-7-11-21(12-8-18)28-24-26-15-20(16-27-24)19-9-13-22(31-4)14-10-19/h17-22,24,26-28H,5-16H2,1-4H3,(H,29,30). The Morgan fingerprint density at radius 1 is 1.03 bits per heavy atom. The zero-order valence-electron chi connectivity index (χ0n) is 20.3. The average Bonchev–Trinajstić information content (AvgIpc) is 2.79. The van der Waals surface area contributed by atoms with E-state index in [4.69, 9.17) is 4.74 Å². The number of nitrogens with one attached hydrogen (secondary N) is 3. The van der Waals surface area contributed by atoms with E-state index in [0.717, 1.165) is 43.7 Å². The summed E-state index contributed by atoms with van der Waals surface area (Å²) in [7, 11) is 1.85. The van der Waals surface area contributed by atoms with Crippen LogP contribution in [0.5, 0.6) is 0 Å². The highest BCUT2D eigenvalue weighted by atomic mass is 16.5. The van der Waals surface area contributed by atoms with Crippen LogP contribution >= 0.6 is 0 Å². The third kappa shape index (κ3) is 6.89. The molecule has 0 bridgehead atoms. The van der Waals surface area contributed by atoms with Gasteiger partial charge in [0, 0.05) is 26.2 Å². The number of hydrogen-bond acceptors (Lipinski definition) is 5. The van der Waals surface area contributed by atoms with E-state index in [-0.39, 0.29) is 12.2 Å². The van der Waals surface area contributed by atoms with Crippen molar-refractivity contribution in [2.24, 2.45) is 29.1 Å². The Labute approximate surface area is 189 Å². The lowest BCUT2D eigenvalue weighted by Gasteiger charge is -2.40. The maximum Gasteiger partial charge on any atom is 0.309 e. The van der Waals surface area contributed by atoms with E-state index in [1.54, 1.807) is 0 Å². The first-order chi connectivity index (χ1) is 14.8. The Morgan fingerprint density at radius 3 is 2.19 bits per heavy atom. The van der Waals surface area contributed by atoms with E-state index < -0.39 is 11.4 Å². The molecule has 0 spiro atoms. The minimum absolute atomic E-state index is 0.217. The molecule has 1 unspecified atom stereocenters. The summed E-state index contributed by atoms with van der Waals surface area (Å²) in [6, 6.07) is 0.586. The van der Waals surface area contributed by atoms with Crippen molar-refractivity contribution in [2.45, 2.75) is 103 Å². The third-order valence-electron chi connectivity index (χ3n) is 8.93. The van der Waals surface area contributed by atoms with E-state index in [0.29, 0.717) is 12.1 Å². The Bertz CT molecular complexity index is 546. The van der Waals surface area contributed by atoms with Crippen molar-refractivity contribution in [3.63, 3.8) is 0 Å². The fourth-order valence-electron chi connectivity index (χ4n) is 5.84. The molecule has 2 aliphatic carbocycles. The van der Waals surface area contributed by atoms with Gasteiger partial charge in [-0.25, -0.2) is 0 Å². The highest BCUT2D eigenvalue weighted by molar-refractivity contribution is 5.73. The van der Waals surface area contributed by atoms with Gasteiger partial charge in [-0.1, -0.05) is 13.3 Å². The molecule has 6 nitrogen and oxygen atoms in total. The summed E-state index contributed by atoms with van der Waals surface area (Å²) >= 11 is 0. The lowest BCUT2D eigenvalue weighted by Crippen LogP contribution is -2.63. The lowest BCUT2D eigenvalue weighted by molar-refractivity contribution is -0.149. The van der Waals surface area contributed by atoms with Crippen molar-refractivity contribution >= 4 is 5.97 Å². The van der Waals surface area contributed by atoms with E-state index in [1.165, 1.54) is 51.4 Å². The first-order valence-electron chi connectivity index (χ1n) is 12.8. The molecule has 0 radical (unpaired) electrons. The first-order valence-corrected chi connectivity index (χ1v) is 12.8. The Kier molecular flexibility index (Phi) is 9.21. The van der Waals surface area contributed by atoms with Crippen LogP contribution in [0.4, 0.5) is 0 Å². The summed E-state index contributed by atoms with van der Waals surface area (Å²) in [6.07, 6.45) is 12.9. The van der Waals surface area contributed by atoms with Crippen LogP contribution in [0.15, 0.2) is 0 Å². The number of methoxy groups -OCH3 is 1. The Hall–Kier alpha value is -0.690. The van der Waals surface area contributed by atoms with E-state index in [1.807, 2.05) is 21.0 Å². The minimum Gasteiger partial charge on any atom is -0.481 e. The molecule has 4 N–H and O–H groups in total. The van der Waals surface area contributed by atoms with Crippen molar-refractivity contribution in [2.75, 3.05) is 20.2 Å². The maximum absolute atomic E-state index is 11.5. The number of carbonyl (C=O) groups is 1. The molecule has 3 fully saturated rings. The zero-order chi connectivity index (χ0) is 22.4. The molecule has 1 atom stereocenters. The Balaban J connectivity index is 1.30. The molecule has 1 saturated heterocycles. The van der Waals surface area contributed by atoms with E-state index >= 15 is 0 Å². The van der Waals surface area contributed by atoms with Gasteiger partial charge in [-0.05, 0) is 95.3 Å². The summed E-state index contributed by atoms with van der Waals surface area (Å²) in [5.74, 6) is 1.86. The summed E-state index contributed by atoms with van der Waals surface area (Å²) in [4.78, 5) is 11.5. The number of carboxylic acid groups (broad SMARTS) is 1. The quantitative estimate of drug-likeness (QED) is 0.437. The molecule has 6 heteroatoms. The van der Waals surface area contributed by atoms with E-state index in [2.05, 4.69) is 22.9 Å². The fraction of sp³-hybridized carbons (Fsp3) is 0.960. The van der Waals surface area contributed by atoms with Crippen LogP contribution in [0.3, 0.4) is 0 Å². The molecular weight excluding hydrogens is 390 g/mol. The van der Waals surface area contributed by atoms with Crippen LogP contribution in [0.25, 0.3) is 0 Å². The number of ether oxygens (including phenoxy) is 1. The third-order valence-corrected chi connectivity index (χ3v) is 8.93. The smallest absolute Gasteiger partial charge is 0.309 e. The van der Waals surface area contributed by atoms with Crippen LogP contribution in [0.1, 0.15) is 85.0 Å². The van der Waals surface area contributed by atoms with Crippen LogP contribution in [0.2, 0.25) is 0 Å². The number of rotatable bonds is 9. The number of hydrogen-bond donors (Lipinski definition) is 4. The van der Waals surface area contributed by atoms with Crippen LogP contribution < -0.4 is 16.0 Å². The molecular formula is C25H47N3O3. The summed E-state index contributed by atoms with van der Waals surface area (Å²) in [5, 5.41) is 20.6. The van der Waals surface area contributed by atoms with Gasteiger partial charge in [-0.15, -0.1) is 0 Å². The summed E-state index contributed by atoms with van der Waals surface area (Å²) in [6.45, 7) is 8.04. The fourth-order valence-corrected chi connectivity index (χ4v) is 5.84. The molecule has 3 rings (SSSR count). The van der Waals surface area contributed by atoms with Crippen molar-refractivity contribution in [1.29, 1.82) is 0 Å². The van der Waals surface area contributed by atoms with Crippen molar-refractivity contribution in [1.82, 2.24) is 16.0 Å². The largest absolute Gasteiger partial charge is 0.481 e. The van der Waals surface area contributed by atoms with Gasteiger partial charge in [0.2, 0.25) is 0 Å². The molecule has 2 saturated carbocycles. The molecule has 1 heterocycles. The topological polar surface area (TPSA) is 82.6 Å². The second-order valence-electron chi connectivity index (χ2n) is 11.2. The van der Waals surface area contributed by atoms with Gasteiger partial charge in [-0.3, -0.25) is 20.7 Å². The second kappa shape index (κ2) is 11.4. The minimum atomic E-state index is -0.676. The normalized spacial score (nSPS) is 36.1. The van der Waals surface area contributed by atoms with Crippen molar-refractivity contribution in [3.05, 3.63) is 0 Å². The van der Waals surface area contributed by atoms with Gasteiger partial charge in [0.25, 0.3) is 0 Å². The molecule has 3 aliphatic rings. The molecule has 31 heavy (non-hydrogen) atoms. The van der Waals surface area contributed by atoms with Gasteiger partial charge in [0.1, 0.15) is 6.29 Å². The van der Waals surface area contributed by atoms with Gasteiger partial charge >= 0.3 is 5.97 Å². The molecule has 180 valence electrons. The highest BCUT2D eigenvalue weighted by Gasteiger charge is 2.35. The van der Waals surface area contributed by atoms with Gasteiger partial charge < -0.3 is 9.84 Å². The lowest BCUT2D eigenvalue weighted by atomic mass is 9.74. The zero-order valence-corrected chi connectivity index (χ0v) is 20.3. The summed E-state index contributed by atoms with van der Waals surface area (Å²) < 4.78 is 5.52. The van der Waals surface area contributed by atoms with Crippen molar-refractivity contribution in [3.8, 4) is 0 Å². The summed E-state index contributed by atoms with van der Waals surface area (Å²) in [5.41, 5.74) is -0.627. The predicted molar refractivity (Wildman–Crippen MR) is 125 cm³/mol. The van der Waals surface area contributed by atoms with Crippen molar-refractivity contribution < 1.29 is 14.6 Å². The van der Waals surface area contributed by atoms with E-state index in [9.17, 15) is 9.90 Å². The predicted octanol–water partition coefficient (Wildman–Crippen LogP) is 3.96. The van der Waals surface area contributed by atoms with Gasteiger partial charge in [-0.2, -0.15) is 0 Å². The molecule has 0 aromatic carbocycles. The van der Waals surface area contributed by atoms with Crippen LogP contribution in [-0.4, -0.2) is 49.7 Å². The SMILES string of the molecule is COC1CCC(C2CNC(NC3CCC(CCC(C)C(C)(C)C(=O)O)CC3)NC2)CC1. The average molecular weight is 438 g/mol. The molecule has 1 aliphatic heterocycles. The molecule has 0 aromatic rings. The Morgan fingerprint density at radius 2 is 1.65 bits per heavy atom. The monoisotopic (exact) mass is 437 g/mol. The van der Waals surface area contributed by atoms with Gasteiger partial charge in [0.05, 0.1) is 11.5 Å². The van der Waals surface area contributed by atoms with Gasteiger partial charge in [0.15, 0.2) is 0 Å². The molecule has 0 amide bonds. The maximum atomic E-state index is 11.5.